The number of alkyl carbamates (subject to hydrolysis) is 1. The average molecular weight is 677 g/mol. The van der Waals surface area contributed by atoms with Crippen LogP contribution in [0.2, 0.25) is 0 Å². The van der Waals surface area contributed by atoms with Gasteiger partial charge in [0.25, 0.3) is 0 Å². The molecule has 2 aliphatic heterocycles. The van der Waals surface area contributed by atoms with Crippen LogP contribution in [0.4, 0.5) is 15.3 Å². The zero-order valence-electron chi connectivity index (χ0n) is 27.3. The zero-order chi connectivity index (χ0) is 34.2. The number of nitrogen functional groups attached to an aromatic ring is 1. The Morgan fingerprint density at radius 1 is 1.13 bits per heavy atom. The minimum absolute atomic E-state index is 0.00914. The Hall–Kier alpha value is -3.43. The molecular formula is C33H48N4O9S. The Morgan fingerprint density at radius 2 is 1.87 bits per heavy atom. The van der Waals surface area contributed by atoms with E-state index in [0.717, 1.165) is 5.56 Å². The number of ether oxygens (including phenoxy) is 3. The summed E-state index contributed by atoms with van der Waals surface area (Å²) in [6, 6.07) is 14.4. The number of anilines is 1. The molecule has 2 aromatic rings. The van der Waals surface area contributed by atoms with Crippen molar-refractivity contribution in [2.75, 3.05) is 45.6 Å². The number of hydrogen-bond acceptors (Lipinski definition) is 9. The van der Waals surface area contributed by atoms with Crippen LogP contribution in [-0.2, 0) is 30.7 Å². The summed E-state index contributed by atoms with van der Waals surface area (Å²) in [7, 11) is -2.63. The van der Waals surface area contributed by atoms with Gasteiger partial charge in [0.05, 0.1) is 36.2 Å². The fourth-order valence-electron chi connectivity index (χ4n) is 6.03. The second kappa shape index (κ2) is 16.1. The maximum absolute atomic E-state index is 14.1. The molecule has 5 N–H and O–H groups in total. The molecule has 13 nitrogen and oxygen atoms in total. The molecule has 0 bridgehead atoms. The monoisotopic (exact) mass is 676 g/mol. The standard InChI is InChI=1S/C33H48N4O9S/c1-33(2,15-7-8-16-36(3)32(40)41)22-37(47(42,43)25-13-9-12-24(34)19-25)20-28(38)27(18-23-10-5-4-6-11-23)35-31(39)46-29-21-45-30-26(29)14-17-44-30/h4-6,9-13,19,26-30,38H,7-8,14-18,20-22,34H2,1-3H3,(H,35,39)(H,40,41)/t26-,27-,28+,29-,30+/m0/s1. The lowest BCUT2D eigenvalue weighted by atomic mass is 9.87. The van der Waals surface area contributed by atoms with Crippen LogP contribution in [0.5, 0.6) is 0 Å². The lowest BCUT2D eigenvalue weighted by molar-refractivity contribution is -0.0907. The second-order valence-corrected chi connectivity index (χ2v) is 15.1. The number of nitrogens with two attached hydrogens (primary N) is 1. The van der Waals surface area contributed by atoms with Gasteiger partial charge in [-0.05, 0) is 54.9 Å². The first-order valence-electron chi connectivity index (χ1n) is 16.0. The molecule has 0 aromatic heterocycles. The minimum atomic E-state index is -4.14. The predicted octanol–water partition coefficient (Wildman–Crippen LogP) is 3.53. The third-order valence-corrected chi connectivity index (χ3v) is 10.5. The van der Waals surface area contributed by atoms with Gasteiger partial charge in [-0.3, -0.25) is 0 Å². The van der Waals surface area contributed by atoms with Gasteiger partial charge in [-0.15, -0.1) is 0 Å². The van der Waals surface area contributed by atoms with Crippen LogP contribution in [0.15, 0.2) is 59.5 Å². The van der Waals surface area contributed by atoms with Gasteiger partial charge in [0.1, 0.15) is 6.10 Å². The topological polar surface area (TPSA) is 181 Å². The number of amides is 2. The van der Waals surface area contributed by atoms with Crippen molar-refractivity contribution in [2.45, 2.75) is 75.4 Å². The van der Waals surface area contributed by atoms with Crippen molar-refractivity contribution in [2.24, 2.45) is 11.3 Å². The number of carbonyl (C=O) groups excluding carboxylic acids is 1. The highest BCUT2D eigenvalue weighted by Gasteiger charge is 2.44. The smallest absolute Gasteiger partial charge is 0.407 e. The Bertz CT molecular complexity index is 1440. The molecule has 260 valence electrons. The Balaban J connectivity index is 1.53. The van der Waals surface area contributed by atoms with Crippen LogP contribution >= 0.6 is 0 Å². The first-order valence-corrected chi connectivity index (χ1v) is 17.4. The highest BCUT2D eigenvalue weighted by Crippen LogP contribution is 2.33. The van der Waals surface area contributed by atoms with Crippen molar-refractivity contribution in [3.8, 4) is 0 Å². The van der Waals surface area contributed by atoms with Gasteiger partial charge in [-0.2, -0.15) is 4.31 Å². The summed E-state index contributed by atoms with van der Waals surface area (Å²) in [6.07, 6.45) is -1.13. The van der Waals surface area contributed by atoms with Crippen LogP contribution < -0.4 is 11.1 Å². The molecule has 0 aliphatic carbocycles. The Labute approximate surface area is 277 Å². The van der Waals surface area contributed by atoms with Gasteiger partial charge in [-0.1, -0.05) is 56.7 Å². The summed E-state index contributed by atoms with van der Waals surface area (Å²) in [5.74, 6) is -0.0658. The number of carboxylic acid groups (broad SMARTS) is 1. The second-order valence-electron chi connectivity index (χ2n) is 13.2. The highest BCUT2D eigenvalue weighted by molar-refractivity contribution is 7.89. The number of carbonyl (C=O) groups is 2. The minimum Gasteiger partial charge on any atom is -0.465 e. The largest absolute Gasteiger partial charge is 0.465 e. The summed E-state index contributed by atoms with van der Waals surface area (Å²) >= 11 is 0. The van der Waals surface area contributed by atoms with Crippen molar-refractivity contribution in [3.63, 3.8) is 0 Å². The quantitative estimate of drug-likeness (QED) is 0.152. The molecule has 2 amide bonds. The molecule has 2 saturated heterocycles. The van der Waals surface area contributed by atoms with E-state index < -0.39 is 52.2 Å². The number of benzene rings is 2. The van der Waals surface area contributed by atoms with E-state index in [1.807, 2.05) is 44.2 Å². The molecule has 2 aromatic carbocycles. The van der Waals surface area contributed by atoms with E-state index in [2.05, 4.69) is 5.32 Å². The Kier molecular flexibility index (Phi) is 12.5. The van der Waals surface area contributed by atoms with Crippen LogP contribution in [0.25, 0.3) is 0 Å². The molecule has 0 radical (unpaired) electrons. The number of nitrogens with zero attached hydrogens (tertiary/aromatic N) is 2. The molecule has 47 heavy (non-hydrogen) atoms. The van der Waals surface area contributed by atoms with Crippen molar-refractivity contribution >= 4 is 27.9 Å². The van der Waals surface area contributed by atoms with Crippen LogP contribution in [0.3, 0.4) is 0 Å². The van der Waals surface area contributed by atoms with Gasteiger partial charge in [0.2, 0.25) is 10.0 Å². The summed E-state index contributed by atoms with van der Waals surface area (Å²) in [4.78, 5) is 25.5. The number of aliphatic hydroxyl groups is 1. The lowest BCUT2D eigenvalue weighted by Gasteiger charge is -2.35. The highest BCUT2D eigenvalue weighted by atomic mass is 32.2. The third kappa shape index (κ3) is 10.3. The van der Waals surface area contributed by atoms with Crippen molar-refractivity contribution in [3.05, 3.63) is 60.2 Å². The number of hydrogen-bond donors (Lipinski definition) is 4. The molecule has 2 heterocycles. The van der Waals surface area contributed by atoms with Crippen molar-refractivity contribution in [1.82, 2.24) is 14.5 Å². The Morgan fingerprint density at radius 3 is 2.57 bits per heavy atom. The van der Waals surface area contributed by atoms with E-state index in [9.17, 15) is 23.1 Å². The van der Waals surface area contributed by atoms with E-state index in [1.54, 1.807) is 12.1 Å². The summed E-state index contributed by atoms with van der Waals surface area (Å²) in [5.41, 5.74) is 6.52. The molecule has 0 spiro atoms. The predicted molar refractivity (Wildman–Crippen MR) is 175 cm³/mol. The molecule has 4 rings (SSSR count). The lowest BCUT2D eigenvalue weighted by Crippen LogP contribution is -2.52. The number of rotatable bonds is 16. The number of sulfonamides is 1. The average Bonchev–Trinajstić information content (AvgIpc) is 3.64. The zero-order valence-corrected chi connectivity index (χ0v) is 28.1. The molecular weight excluding hydrogens is 628 g/mol. The van der Waals surface area contributed by atoms with E-state index in [4.69, 9.17) is 25.1 Å². The van der Waals surface area contributed by atoms with Crippen LogP contribution in [0.1, 0.15) is 45.1 Å². The van der Waals surface area contributed by atoms with Gasteiger partial charge in [-0.25, -0.2) is 18.0 Å². The molecule has 0 unspecified atom stereocenters. The van der Waals surface area contributed by atoms with E-state index in [0.29, 0.717) is 38.8 Å². The molecule has 0 saturated carbocycles. The van der Waals surface area contributed by atoms with Crippen LogP contribution in [0, 0.1) is 11.3 Å². The van der Waals surface area contributed by atoms with Gasteiger partial charge >= 0.3 is 12.2 Å². The number of fused-ring (bicyclic) bond motifs is 1. The van der Waals surface area contributed by atoms with E-state index in [-0.39, 0.29) is 42.6 Å². The van der Waals surface area contributed by atoms with E-state index in [1.165, 1.54) is 28.4 Å². The fraction of sp³-hybridized carbons (Fsp3) is 0.576. The van der Waals surface area contributed by atoms with Crippen LogP contribution in [-0.4, -0.2) is 104 Å². The molecule has 5 atom stereocenters. The van der Waals surface area contributed by atoms with Gasteiger partial charge in [0.15, 0.2) is 6.29 Å². The molecule has 2 aliphatic rings. The van der Waals surface area contributed by atoms with E-state index >= 15 is 0 Å². The number of unbranched alkanes of at least 4 members (excludes halogenated alkanes) is 1. The maximum Gasteiger partial charge on any atom is 0.407 e. The fourth-order valence-corrected chi connectivity index (χ4v) is 7.74. The summed E-state index contributed by atoms with van der Waals surface area (Å²) < 4.78 is 46.2. The number of aliphatic hydroxyl groups excluding tert-OH is 1. The molecule has 2 fully saturated rings. The van der Waals surface area contributed by atoms with Crippen molar-refractivity contribution < 1.29 is 42.4 Å². The summed E-state index contributed by atoms with van der Waals surface area (Å²) in [5, 5.41) is 23.6. The normalized spacial score (nSPS) is 20.8. The summed E-state index contributed by atoms with van der Waals surface area (Å²) in [6.45, 7) is 4.71. The first-order chi connectivity index (χ1) is 22.2. The van der Waals surface area contributed by atoms with Gasteiger partial charge in [0, 0.05) is 32.4 Å². The SMILES string of the molecule is CN(CCCCC(C)(C)CN(C[C@@H](O)[C@H](Cc1ccccc1)NC(=O)O[C@H]1CO[C@H]2OCC[C@H]21)S(=O)(=O)c1cccc(N)c1)C(=O)O. The number of nitrogens with one attached hydrogen (secondary N) is 1. The van der Waals surface area contributed by atoms with Crippen molar-refractivity contribution in [1.29, 1.82) is 0 Å². The molecule has 14 heteroatoms. The third-order valence-electron chi connectivity index (χ3n) is 8.72. The first kappa shape index (κ1) is 36.4. The van der Waals surface area contributed by atoms with Gasteiger partial charge < -0.3 is 40.4 Å². The maximum atomic E-state index is 14.1.